The minimum atomic E-state index is -0.586. The van der Waals surface area contributed by atoms with Crippen LogP contribution in [-0.4, -0.2) is 0 Å². The molecule has 2 aliphatic carbocycles. The van der Waals surface area contributed by atoms with E-state index in [1.165, 1.54) is 27.8 Å². The predicted molar refractivity (Wildman–Crippen MR) is 183 cm³/mol. The Morgan fingerprint density at radius 1 is 0.386 bits per heavy atom. The van der Waals surface area contributed by atoms with E-state index in [-0.39, 0.29) is 29.9 Å². The second-order valence-electron chi connectivity index (χ2n) is 11.3. The molecule has 7 aromatic rings. The Morgan fingerprint density at radius 2 is 0.864 bits per heavy atom. The molecule has 1 spiro atoms. The van der Waals surface area contributed by atoms with Crippen molar-refractivity contribution in [1.82, 2.24) is 0 Å². The first kappa shape index (κ1) is 20.3. The SMILES string of the molecule is [2H]c1c([2H])c([2H])c(N(c2ccc(-c3ccccc3)cc2)c2ccc3c(c2)C2(c4ccccc4-c4ccccc42)c2ccccc2-3)c([2H])c1[2H]. The molecule has 0 aromatic heterocycles. The quantitative estimate of drug-likeness (QED) is 0.205. The average Bonchev–Trinajstić information content (AvgIpc) is 3.62. The molecule has 0 aliphatic heterocycles. The molecular weight excluding hydrogens is 530 g/mol. The fourth-order valence-corrected chi connectivity index (χ4v) is 7.42. The van der Waals surface area contributed by atoms with E-state index in [1.807, 2.05) is 53.4 Å². The molecule has 0 saturated carbocycles. The lowest BCUT2D eigenvalue weighted by atomic mass is 9.70. The van der Waals surface area contributed by atoms with Gasteiger partial charge in [-0.2, -0.15) is 0 Å². The van der Waals surface area contributed by atoms with E-state index >= 15 is 0 Å². The molecule has 0 bridgehead atoms. The molecule has 9 rings (SSSR count). The van der Waals surface area contributed by atoms with Crippen molar-refractivity contribution in [2.24, 2.45) is 0 Å². The fraction of sp³-hybridized carbons (Fsp3) is 0.0233. The van der Waals surface area contributed by atoms with Crippen LogP contribution in [0, 0.1) is 0 Å². The van der Waals surface area contributed by atoms with E-state index in [1.54, 1.807) is 0 Å². The summed E-state index contributed by atoms with van der Waals surface area (Å²) < 4.78 is 43.5. The topological polar surface area (TPSA) is 3.24 Å². The van der Waals surface area contributed by atoms with Crippen LogP contribution in [0.25, 0.3) is 33.4 Å². The van der Waals surface area contributed by atoms with E-state index in [0.717, 1.165) is 27.8 Å². The molecule has 0 saturated heterocycles. The zero-order valence-electron chi connectivity index (χ0n) is 28.8. The van der Waals surface area contributed by atoms with Crippen LogP contribution in [0.15, 0.2) is 176 Å². The van der Waals surface area contributed by atoms with Gasteiger partial charge in [-0.15, -0.1) is 0 Å². The minimum Gasteiger partial charge on any atom is -0.310 e. The van der Waals surface area contributed by atoms with Gasteiger partial charge >= 0.3 is 0 Å². The van der Waals surface area contributed by atoms with Gasteiger partial charge in [0.25, 0.3) is 0 Å². The molecule has 2 aliphatic rings. The monoisotopic (exact) mass is 564 g/mol. The Kier molecular flexibility index (Phi) is 4.47. The number of fused-ring (bicyclic) bond motifs is 10. The number of hydrogen-bond donors (Lipinski definition) is 0. The summed E-state index contributed by atoms with van der Waals surface area (Å²) in [6.07, 6.45) is 0. The van der Waals surface area contributed by atoms with Gasteiger partial charge in [-0.1, -0.05) is 139 Å². The van der Waals surface area contributed by atoms with Gasteiger partial charge in [-0.05, 0) is 92.0 Å². The normalized spacial score (nSPS) is 14.8. The van der Waals surface area contributed by atoms with E-state index < -0.39 is 11.5 Å². The first-order valence-corrected chi connectivity index (χ1v) is 14.9. The highest BCUT2D eigenvalue weighted by Gasteiger charge is 2.51. The largest absolute Gasteiger partial charge is 0.310 e. The van der Waals surface area contributed by atoms with Crippen molar-refractivity contribution in [3.8, 4) is 33.4 Å². The van der Waals surface area contributed by atoms with E-state index in [4.69, 9.17) is 6.85 Å². The van der Waals surface area contributed by atoms with Crippen LogP contribution in [-0.2, 0) is 5.41 Å². The van der Waals surface area contributed by atoms with Crippen LogP contribution in [0.1, 0.15) is 29.1 Å². The highest BCUT2D eigenvalue weighted by molar-refractivity contribution is 5.96. The lowest BCUT2D eigenvalue weighted by molar-refractivity contribution is 0.793. The first-order chi connectivity index (χ1) is 23.9. The molecule has 0 unspecified atom stereocenters. The Morgan fingerprint density at radius 3 is 1.45 bits per heavy atom. The third kappa shape index (κ3) is 3.47. The maximum Gasteiger partial charge on any atom is 0.0726 e. The lowest BCUT2D eigenvalue weighted by Crippen LogP contribution is -2.26. The number of benzene rings is 7. The van der Waals surface area contributed by atoms with Crippen molar-refractivity contribution in [3.63, 3.8) is 0 Å². The Bertz CT molecular complexity index is 2360. The predicted octanol–water partition coefficient (Wildman–Crippen LogP) is 11.2. The van der Waals surface area contributed by atoms with Gasteiger partial charge in [0.1, 0.15) is 0 Å². The highest BCUT2D eigenvalue weighted by atomic mass is 15.1. The Labute approximate surface area is 265 Å². The van der Waals surface area contributed by atoms with Crippen LogP contribution < -0.4 is 4.90 Å². The third-order valence-corrected chi connectivity index (χ3v) is 9.18. The van der Waals surface area contributed by atoms with Gasteiger partial charge in [-0.25, -0.2) is 0 Å². The van der Waals surface area contributed by atoms with Crippen molar-refractivity contribution < 1.29 is 6.85 Å². The van der Waals surface area contributed by atoms with Crippen molar-refractivity contribution in [2.75, 3.05) is 4.90 Å². The molecular formula is C43H29N. The molecule has 44 heavy (non-hydrogen) atoms. The van der Waals surface area contributed by atoms with E-state index in [2.05, 4.69) is 97.1 Å². The molecule has 7 aromatic carbocycles. The van der Waals surface area contributed by atoms with Crippen LogP contribution in [0.2, 0.25) is 0 Å². The van der Waals surface area contributed by atoms with Gasteiger partial charge in [0.2, 0.25) is 0 Å². The standard InChI is InChI=1S/C43H29N/c1-3-13-30(14-4-1)31-23-25-33(26-24-31)44(32-15-5-2-6-16-32)34-27-28-38-37-19-9-12-22-41(37)43(42(38)29-34)39-20-10-7-17-35(39)36-18-8-11-21-40(36)43/h1-29H/i2D,5D,6D,15D,16D. The van der Waals surface area contributed by atoms with Crippen molar-refractivity contribution in [2.45, 2.75) is 5.41 Å². The number of rotatable bonds is 4. The van der Waals surface area contributed by atoms with Gasteiger partial charge in [0, 0.05) is 17.1 Å². The number of hydrogen-bond acceptors (Lipinski definition) is 1. The van der Waals surface area contributed by atoms with Crippen LogP contribution >= 0.6 is 0 Å². The van der Waals surface area contributed by atoms with Crippen molar-refractivity contribution >= 4 is 17.1 Å². The molecule has 206 valence electrons. The first-order valence-electron chi connectivity index (χ1n) is 17.4. The zero-order valence-corrected chi connectivity index (χ0v) is 23.8. The lowest BCUT2D eigenvalue weighted by Gasteiger charge is -2.32. The molecule has 0 heterocycles. The average molecular weight is 565 g/mol. The zero-order chi connectivity index (χ0) is 33.4. The second-order valence-corrected chi connectivity index (χ2v) is 11.3. The summed E-state index contributed by atoms with van der Waals surface area (Å²) in [5, 5.41) is 0. The van der Waals surface area contributed by atoms with Crippen LogP contribution in [0.3, 0.4) is 0 Å². The van der Waals surface area contributed by atoms with E-state index in [0.29, 0.717) is 11.4 Å². The van der Waals surface area contributed by atoms with Gasteiger partial charge in [-0.3, -0.25) is 0 Å². The highest BCUT2D eigenvalue weighted by Crippen LogP contribution is 2.63. The summed E-state index contributed by atoms with van der Waals surface area (Å²) in [6.45, 7) is 0. The maximum atomic E-state index is 9.04. The van der Waals surface area contributed by atoms with Gasteiger partial charge < -0.3 is 4.90 Å². The van der Waals surface area contributed by atoms with Crippen molar-refractivity contribution in [3.05, 3.63) is 198 Å². The second kappa shape index (κ2) is 9.69. The summed E-state index contributed by atoms with van der Waals surface area (Å²) in [5.74, 6) is 0. The minimum absolute atomic E-state index is 0.107. The molecule has 0 atom stereocenters. The summed E-state index contributed by atoms with van der Waals surface area (Å²) >= 11 is 0. The number of nitrogens with zero attached hydrogens (tertiary/aromatic N) is 1. The summed E-state index contributed by atoms with van der Waals surface area (Å²) in [5.41, 5.74) is 12.4. The molecule has 0 amide bonds. The Balaban J connectivity index is 1.33. The molecule has 1 nitrogen and oxygen atoms in total. The number of anilines is 3. The molecule has 0 fully saturated rings. The third-order valence-electron chi connectivity index (χ3n) is 9.18. The van der Waals surface area contributed by atoms with E-state index in [9.17, 15) is 0 Å². The fourth-order valence-electron chi connectivity index (χ4n) is 7.42. The summed E-state index contributed by atoms with van der Waals surface area (Å²) in [7, 11) is 0. The molecule has 0 radical (unpaired) electrons. The summed E-state index contributed by atoms with van der Waals surface area (Å²) in [4.78, 5) is 1.82. The number of para-hydroxylation sites is 1. The smallest absolute Gasteiger partial charge is 0.0726 e. The van der Waals surface area contributed by atoms with Gasteiger partial charge in [0.05, 0.1) is 12.3 Å². The van der Waals surface area contributed by atoms with Gasteiger partial charge in [0.15, 0.2) is 0 Å². The molecule has 1 heteroatoms. The maximum absolute atomic E-state index is 9.04. The molecule has 0 N–H and O–H groups in total. The Hall–Kier alpha value is -5.66. The summed E-state index contributed by atoms with van der Waals surface area (Å²) in [6, 6.07) is 48.5. The van der Waals surface area contributed by atoms with Crippen LogP contribution in [0.4, 0.5) is 17.1 Å². The van der Waals surface area contributed by atoms with Crippen LogP contribution in [0.5, 0.6) is 0 Å². The van der Waals surface area contributed by atoms with Crippen molar-refractivity contribution in [1.29, 1.82) is 0 Å².